The number of nitrogens with zero attached hydrogens (tertiary/aromatic N) is 4. The van der Waals surface area contributed by atoms with E-state index >= 15 is 0 Å². The fourth-order valence-electron chi connectivity index (χ4n) is 3.13. The van der Waals surface area contributed by atoms with Gasteiger partial charge in [-0.15, -0.1) is 16.4 Å². The number of aromatic nitrogens is 3. The Morgan fingerprint density at radius 1 is 1.38 bits per heavy atom. The highest BCUT2D eigenvalue weighted by molar-refractivity contribution is 7.13. The Kier molecular flexibility index (Phi) is 5.01. The maximum Gasteiger partial charge on any atom is 0.346 e. The second kappa shape index (κ2) is 7.63. The van der Waals surface area contributed by atoms with Crippen LogP contribution in [-0.2, 0) is 6.54 Å². The summed E-state index contributed by atoms with van der Waals surface area (Å²) >= 11 is 1.53. The molecule has 1 fully saturated rings. The SMILES string of the molecule is Cc1ccc(C(=O)NCCn2nc(-c3cccs3)n(C3CC3)c2=O)cc1[N+](=O)[O-]. The van der Waals surface area contributed by atoms with E-state index in [9.17, 15) is 19.7 Å². The number of nitro groups is 1. The number of rotatable bonds is 7. The van der Waals surface area contributed by atoms with E-state index in [1.807, 2.05) is 17.5 Å². The molecule has 1 aliphatic rings. The van der Waals surface area contributed by atoms with Gasteiger partial charge in [-0.2, -0.15) is 0 Å². The fourth-order valence-corrected chi connectivity index (χ4v) is 3.83. The van der Waals surface area contributed by atoms with Crippen molar-refractivity contribution >= 4 is 22.9 Å². The molecule has 1 aromatic carbocycles. The number of amides is 1. The van der Waals surface area contributed by atoms with Crippen molar-refractivity contribution in [3.05, 3.63) is 67.4 Å². The van der Waals surface area contributed by atoms with Gasteiger partial charge >= 0.3 is 5.69 Å². The summed E-state index contributed by atoms with van der Waals surface area (Å²) in [4.78, 5) is 36.6. The lowest BCUT2D eigenvalue weighted by molar-refractivity contribution is -0.385. The molecule has 0 aliphatic heterocycles. The molecule has 0 unspecified atom stereocenters. The number of carbonyl (C=O) groups is 1. The van der Waals surface area contributed by atoms with E-state index < -0.39 is 10.8 Å². The smallest absolute Gasteiger partial charge is 0.346 e. The van der Waals surface area contributed by atoms with Gasteiger partial charge in [0.15, 0.2) is 5.82 Å². The van der Waals surface area contributed by atoms with Gasteiger partial charge in [0, 0.05) is 29.8 Å². The third-order valence-electron chi connectivity index (χ3n) is 4.80. The zero-order valence-electron chi connectivity index (χ0n) is 15.7. The molecule has 2 heterocycles. The summed E-state index contributed by atoms with van der Waals surface area (Å²) in [6, 6.07) is 8.38. The minimum Gasteiger partial charge on any atom is -0.350 e. The molecule has 0 saturated heterocycles. The Labute approximate surface area is 169 Å². The van der Waals surface area contributed by atoms with Crippen molar-refractivity contribution in [2.75, 3.05) is 6.54 Å². The molecule has 29 heavy (non-hydrogen) atoms. The van der Waals surface area contributed by atoms with E-state index in [0.29, 0.717) is 11.4 Å². The van der Waals surface area contributed by atoms with E-state index in [1.165, 1.54) is 22.1 Å². The Balaban J connectivity index is 1.47. The molecule has 0 bridgehead atoms. The van der Waals surface area contributed by atoms with Crippen molar-refractivity contribution in [3.63, 3.8) is 0 Å². The number of benzene rings is 1. The van der Waals surface area contributed by atoms with Gasteiger partial charge < -0.3 is 5.32 Å². The first-order valence-electron chi connectivity index (χ1n) is 9.22. The van der Waals surface area contributed by atoms with Crippen molar-refractivity contribution in [2.24, 2.45) is 0 Å². The van der Waals surface area contributed by atoms with Gasteiger partial charge in [0.2, 0.25) is 0 Å². The summed E-state index contributed by atoms with van der Waals surface area (Å²) in [5.41, 5.74) is 0.413. The first-order chi connectivity index (χ1) is 14.0. The number of aryl methyl sites for hydroxylation is 1. The first-order valence-corrected chi connectivity index (χ1v) is 10.1. The van der Waals surface area contributed by atoms with E-state index in [1.54, 1.807) is 23.6 Å². The van der Waals surface area contributed by atoms with Crippen LogP contribution in [0.25, 0.3) is 10.7 Å². The molecule has 1 N–H and O–H groups in total. The summed E-state index contributed by atoms with van der Waals surface area (Å²) < 4.78 is 3.10. The largest absolute Gasteiger partial charge is 0.350 e. The van der Waals surface area contributed by atoms with Crippen LogP contribution in [0.5, 0.6) is 0 Å². The van der Waals surface area contributed by atoms with Crippen LogP contribution in [0.3, 0.4) is 0 Å². The van der Waals surface area contributed by atoms with Crippen LogP contribution in [0.4, 0.5) is 5.69 Å². The molecule has 4 rings (SSSR count). The molecule has 9 nitrogen and oxygen atoms in total. The first kappa shape index (κ1) is 19.1. The lowest BCUT2D eigenvalue weighted by Crippen LogP contribution is -2.32. The molecule has 1 saturated carbocycles. The van der Waals surface area contributed by atoms with Gasteiger partial charge in [0.1, 0.15) is 0 Å². The Hall–Kier alpha value is -3.27. The van der Waals surface area contributed by atoms with E-state index in [-0.39, 0.29) is 36.1 Å². The average Bonchev–Trinajstić information content (AvgIpc) is 3.27. The second-order valence-electron chi connectivity index (χ2n) is 6.92. The number of hydrogen-bond donors (Lipinski definition) is 1. The van der Waals surface area contributed by atoms with Crippen molar-refractivity contribution < 1.29 is 9.72 Å². The predicted molar refractivity (Wildman–Crippen MR) is 108 cm³/mol. The number of hydrogen-bond acceptors (Lipinski definition) is 6. The number of carbonyl (C=O) groups excluding carboxylic acids is 1. The molecule has 1 aliphatic carbocycles. The topological polar surface area (TPSA) is 112 Å². The molecule has 150 valence electrons. The molecule has 2 aromatic heterocycles. The number of nitro benzene ring substituents is 1. The van der Waals surface area contributed by atoms with E-state index in [4.69, 9.17) is 0 Å². The van der Waals surface area contributed by atoms with Crippen LogP contribution < -0.4 is 11.0 Å². The summed E-state index contributed by atoms with van der Waals surface area (Å²) in [6.45, 7) is 2.02. The van der Waals surface area contributed by atoms with Gasteiger partial charge in [-0.1, -0.05) is 12.1 Å². The summed E-state index contributed by atoms with van der Waals surface area (Å²) in [7, 11) is 0. The Morgan fingerprint density at radius 2 is 2.17 bits per heavy atom. The molecular weight excluding hydrogens is 394 g/mol. The Morgan fingerprint density at radius 3 is 2.83 bits per heavy atom. The van der Waals surface area contributed by atoms with Crippen LogP contribution in [0, 0.1) is 17.0 Å². The zero-order chi connectivity index (χ0) is 20.5. The van der Waals surface area contributed by atoms with Gasteiger partial charge in [0.05, 0.1) is 16.3 Å². The minimum atomic E-state index is -0.512. The predicted octanol–water partition coefficient (Wildman–Crippen LogP) is 2.75. The van der Waals surface area contributed by atoms with Crippen molar-refractivity contribution in [2.45, 2.75) is 32.4 Å². The average molecular weight is 413 g/mol. The molecule has 0 radical (unpaired) electrons. The van der Waals surface area contributed by atoms with E-state index in [2.05, 4.69) is 10.4 Å². The van der Waals surface area contributed by atoms with Crippen LogP contribution in [0.2, 0.25) is 0 Å². The molecule has 0 atom stereocenters. The minimum absolute atomic E-state index is 0.0994. The highest BCUT2D eigenvalue weighted by atomic mass is 32.1. The maximum atomic E-state index is 12.7. The molecule has 0 spiro atoms. The monoisotopic (exact) mass is 413 g/mol. The number of thiophene rings is 1. The van der Waals surface area contributed by atoms with Crippen molar-refractivity contribution in [3.8, 4) is 10.7 Å². The van der Waals surface area contributed by atoms with Crippen LogP contribution in [-0.4, -0.2) is 31.7 Å². The highest BCUT2D eigenvalue weighted by Crippen LogP contribution is 2.37. The standard InChI is InChI=1S/C19H19N5O4S/c1-12-4-5-13(11-15(12)24(27)28)18(25)20-8-9-22-19(26)23(14-6-7-14)17(21-22)16-3-2-10-29-16/h2-5,10-11,14H,6-9H2,1H3,(H,20,25). The fraction of sp³-hybridized carbons (Fsp3) is 0.316. The van der Waals surface area contributed by atoms with Gasteiger partial charge in [0.25, 0.3) is 11.6 Å². The second-order valence-corrected chi connectivity index (χ2v) is 7.87. The molecular formula is C19H19N5O4S. The number of nitrogens with one attached hydrogen (secondary N) is 1. The normalized spacial score (nSPS) is 13.4. The summed E-state index contributed by atoms with van der Waals surface area (Å²) in [5.74, 6) is 0.231. The zero-order valence-corrected chi connectivity index (χ0v) is 16.5. The molecule has 1 amide bonds. The van der Waals surface area contributed by atoms with Crippen molar-refractivity contribution in [1.82, 2.24) is 19.7 Å². The lowest BCUT2D eigenvalue weighted by Gasteiger charge is -2.06. The molecule has 10 heteroatoms. The van der Waals surface area contributed by atoms with Crippen molar-refractivity contribution in [1.29, 1.82) is 0 Å². The summed E-state index contributed by atoms with van der Waals surface area (Å²) in [6.07, 6.45) is 1.93. The third kappa shape index (κ3) is 3.83. The van der Waals surface area contributed by atoms with E-state index in [0.717, 1.165) is 17.7 Å². The Bertz CT molecular complexity index is 1130. The van der Waals surface area contributed by atoms with Gasteiger partial charge in [-0.25, -0.2) is 9.48 Å². The quantitative estimate of drug-likeness (QED) is 0.473. The third-order valence-corrected chi connectivity index (χ3v) is 5.67. The van der Waals surface area contributed by atoms with Crippen LogP contribution >= 0.6 is 11.3 Å². The van der Waals surface area contributed by atoms with Gasteiger partial charge in [-0.3, -0.25) is 19.5 Å². The van der Waals surface area contributed by atoms with Gasteiger partial charge in [-0.05, 0) is 37.3 Å². The highest BCUT2D eigenvalue weighted by Gasteiger charge is 2.30. The van der Waals surface area contributed by atoms with Crippen LogP contribution in [0.1, 0.15) is 34.8 Å². The van der Waals surface area contributed by atoms with Crippen LogP contribution in [0.15, 0.2) is 40.5 Å². The molecule has 3 aromatic rings. The summed E-state index contributed by atoms with van der Waals surface area (Å²) in [5, 5.41) is 20.2. The lowest BCUT2D eigenvalue weighted by atomic mass is 10.1. The maximum absolute atomic E-state index is 12.7.